The summed E-state index contributed by atoms with van der Waals surface area (Å²) in [4.78, 5) is 12.1. The Morgan fingerprint density at radius 1 is 1.26 bits per heavy atom. The van der Waals surface area contributed by atoms with Crippen LogP contribution in [0, 0.1) is 6.92 Å². The van der Waals surface area contributed by atoms with Gasteiger partial charge in [-0.05, 0) is 38.3 Å². The van der Waals surface area contributed by atoms with Gasteiger partial charge >= 0.3 is 0 Å². The van der Waals surface area contributed by atoms with Crippen molar-refractivity contribution in [3.63, 3.8) is 0 Å². The lowest BCUT2D eigenvalue weighted by molar-refractivity contribution is 0.0953. The molecule has 0 aliphatic heterocycles. The molecule has 0 fully saturated rings. The quantitative estimate of drug-likeness (QED) is 0.710. The van der Waals surface area contributed by atoms with E-state index in [1.807, 2.05) is 32.2 Å². The summed E-state index contributed by atoms with van der Waals surface area (Å²) in [6.45, 7) is 3.48. The molecule has 0 atom stereocenters. The van der Waals surface area contributed by atoms with Crippen LogP contribution in [0.5, 0.6) is 0 Å². The molecule has 2 N–H and O–H groups in total. The Morgan fingerprint density at radius 3 is 2.74 bits per heavy atom. The maximum absolute atomic E-state index is 12.1. The van der Waals surface area contributed by atoms with E-state index in [2.05, 4.69) is 10.6 Å². The lowest BCUT2D eigenvalue weighted by atomic mass is 10.1. The van der Waals surface area contributed by atoms with Crippen LogP contribution in [0.25, 0.3) is 0 Å². The van der Waals surface area contributed by atoms with Crippen LogP contribution in [-0.4, -0.2) is 33.2 Å². The number of rotatable bonds is 8. The highest BCUT2D eigenvalue weighted by Crippen LogP contribution is 2.16. The lowest BCUT2D eigenvalue weighted by Gasteiger charge is -2.10. The predicted molar refractivity (Wildman–Crippen MR) is 78.8 cm³/mol. The second kappa shape index (κ2) is 8.53. The molecule has 1 aromatic carbocycles. The van der Waals surface area contributed by atoms with Gasteiger partial charge in [-0.15, -0.1) is 0 Å². The fourth-order valence-electron chi connectivity index (χ4n) is 1.91. The second-order valence-electron chi connectivity index (χ2n) is 4.61. The number of aryl methyl sites for hydroxylation is 1. The molecule has 0 aromatic heterocycles. The number of ether oxygens (including phenoxy) is 1. The first-order valence-corrected chi connectivity index (χ1v) is 6.74. The van der Waals surface area contributed by atoms with Gasteiger partial charge in [0.1, 0.15) is 0 Å². The number of methoxy groups -OCH3 is 1. The smallest absolute Gasteiger partial charge is 0.253 e. The molecule has 1 aromatic rings. The van der Waals surface area contributed by atoms with Crippen LogP contribution in [0.15, 0.2) is 18.2 Å². The van der Waals surface area contributed by atoms with Gasteiger partial charge in [-0.25, -0.2) is 0 Å². The highest BCUT2D eigenvalue weighted by Gasteiger charge is 2.10. The highest BCUT2D eigenvalue weighted by molar-refractivity contribution is 5.99. The molecule has 0 radical (unpaired) electrons. The standard InChI is InChI=1S/C15H24N2O2/c1-12-7-8-14(16-2)13(11-12)15(18)17-9-5-4-6-10-19-3/h7-8,11,16H,4-6,9-10H2,1-3H3,(H,17,18). The molecule has 1 amide bonds. The molecule has 0 saturated carbocycles. The third-order valence-electron chi connectivity index (χ3n) is 3.00. The number of hydrogen-bond donors (Lipinski definition) is 2. The Bertz CT molecular complexity index is 405. The molecule has 0 heterocycles. The number of amides is 1. The van der Waals surface area contributed by atoms with Crippen molar-refractivity contribution in [3.05, 3.63) is 29.3 Å². The summed E-state index contributed by atoms with van der Waals surface area (Å²) >= 11 is 0. The third kappa shape index (κ3) is 5.30. The zero-order valence-corrected chi connectivity index (χ0v) is 12.1. The molecule has 4 heteroatoms. The van der Waals surface area contributed by atoms with Crippen molar-refractivity contribution < 1.29 is 9.53 Å². The maximum Gasteiger partial charge on any atom is 0.253 e. The zero-order valence-electron chi connectivity index (χ0n) is 12.1. The normalized spacial score (nSPS) is 10.3. The van der Waals surface area contributed by atoms with Gasteiger partial charge in [0.05, 0.1) is 5.56 Å². The SMILES string of the molecule is CNc1ccc(C)cc1C(=O)NCCCCCOC. The minimum atomic E-state index is -0.0141. The van der Waals surface area contributed by atoms with Crippen molar-refractivity contribution in [2.75, 3.05) is 32.6 Å². The zero-order chi connectivity index (χ0) is 14.1. The number of unbranched alkanes of at least 4 members (excludes halogenated alkanes) is 2. The summed E-state index contributed by atoms with van der Waals surface area (Å²) in [5.74, 6) is -0.0141. The van der Waals surface area contributed by atoms with Crippen molar-refractivity contribution >= 4 is 11.6 Å². The molecule has 4 nitrogen and oxygen atoms in total. The Labute approximate surface area is 115 Å². The summed E-state index contributed by atoms with van der Waals surface area (Å²) < 4.78 is 4.99. The first kappa shape index (κ1) is 15.5. The monoisotopic (exact) mass is 264 g/mol. The maximum atomic E-state index is 12.1. The third-order valence-corrected chi connectivity index (χ3v) is 3.00. The molecule has 19 heavy (non-hydrogen) atoms. The molecule has 0 unspecified atom stereocenters. The van der Waals surface area contributed by atoms with E-state index >= 15 is 0 Å². The Balaban J connectivity index is 2.43. The van der Waals surface area contributed by atoms with E-state index in [1.165, 1.54) is 0 Å². The average molecular weight is 264 g/mol. The van der Waals surface area contributed by atoms with Crippen molar-refractivity contribution in [3.8, 4) is 0 Å². The summed E-state index contributed by atoms with van der Waals surface area (Å²) in [5, 5.41) is 6.00. The van der Waals surface area contributed by atoms with Crippen LogP contribution in [0.3, 0.4) is 0 Å². The van der Waals surface area contributed by atoms with E-state index in [0.717, 1.165) is 37.1 Å². The van der Waals surface area contributed by atoms with E-state index in [1.54, 1.807) is 7.11 Å². The Morgan fingerprint density at radius 2 is 2.05 bits per heavy atom. The lowest BCUT2D eigenvalue weighted by Crippen LogP contribution is -2.25. The van der Waals surface area contributed by atoms with Gasteiger partial charge in [-0.1, -0.05) is 11.6 Å². The van der Waals surface area contributed by atoms with Crippen LogP contribution in [0.4, 0.5) is 5.69 Å². The Kier molecular flexibility index (Phi) is 6.97. The molecule has 0 aliphatic carbocycles. The number of benzene rings is 1. The summed E-state index contributed by atoms with van der Waals surface area (Å²) in [6.07, 6.45) is 3.09. The van der Waals surface area contributed by atoms with Crippen LogP contribution in [-0.2, 0) is 4.74 Å². The molecule has 0 aliphatic rings. The van der Waals surface area contributed by atoms with Gasteiger partial charge < -0.3 is 15.4 Å². The summed E-state index contributed by atoms with van der Waals surface area (Å²) in [7, 11) is 3.53. The number of nitrogens with one attached hydrogen (secondary N) is 2. The van der Waals surface area contributed by atoms with Gasteiger partial charge in [-0.3, -0.25) is 4.79 Å². The summed E-state index contributed by atoms with van der Waals surface area (Å²) in [6, 6.07) is 5.84. The van der Waals surface area contributed by atoms with E-state index in [9.17, 15) is 4.79 Å². The predicted octanol–water partition coefficient (Wildman–Crippen LogP) is 2.58. The van der Waals surface area contributed by atoms with E-state index in [0.29, 0.717) is 12.1 Å². The van der Waals surface area contributed by atoms with Gasteiger partial charge in [0.15, 0.2) is 0 Å². The van der Waals surface area contributed by atoms with Crippen molar-refractivity contribution in [2.45, 2.75) is 26.2 Å². The summed E-state index contributed by atoms with van der Waals surface area (Å²) in [5.41, 5.74) is 2.66. The van der Waals surface area contributed by atoms with Gasteiger partial charge in [0.25, 0.3) is 5.91 Å². The first-order chi connectivity index (χ1) is 9.19. The van der Waals surface area contributed by atoms with Crippen LogP contribution in [0.1, 0.15) is 35.2 Å². The fraction of sp³-hybridized carbons (Fsp3) is 0.533. The van der Waals surface area contributed by atoms with Gasteiger partial charge in [0, 0.05) is 33.0 Å². The van der Waals surface area contributed by atoms with Crippen LogP contribution >= 0.6 is 0 Å². The fourth-order valence-corrected chi connectivity index (χ4v) is 1.91. The number of hydrogen-bond acceptors (Lipinski definition) is 3. The topological polar surface area (TPSA) is 50.4 Å². The van der Waals surface area contributed by atoms with Crippen molar-refractivity contribution in [1.29, 1.82) is 0 Å². The van der Waals surface area contributed by atoms with Crippen molar-refractivity contribution in [2.24, 2.45) is 0 Å². The van der Waals surface area contributed by atoms with Crippen LogP contribution < -0.4 is 10.6 Å². The van der Waals surface area contributed by atoms with Gasteiger partial charge in [-0.2, -0.15) is 0 Å². The minimum Gasteiger partial charge on any atom is -0.387 e. The molecule has 106 valence electrons. The highest BCUT2D eigenvalue weighted by atomic mass is 16.5. The van der Waals surface area contributed by atoms with E-state index in [4.69, 9.17) is 4.74 Å². The average Bonchev–Trinajstić information content (AvgIpc) is 2.42. The van der Waals surface area contributed by atoms with Gasteiger partial charge in [0.2, 0.25) is 0 Å². The largest absolute Gasteiger partial charge is 0.387 e. The van der Waals surface area contributed by atoms with E-state index < -0.39 is 0 Å². The first-order valence-electron chi connectivity index (χ1n) is 6.74. The molecule has 0 saturated heterocycles. The minimum absolute atomic E-state index is 0.0141. The second-order valence-corrected chi connectivity index (χ2v) is 4.61. The Hall–Kier alpha value is -1.55. The van der Waals surface area contributed by atoms with Crippen LogP contribution in [0.2, 0.25) is 0 Å². The number of carbonyl (C=O) groups excluding carboxylic acids is 1. The molecule has 0 bridgehead atoms. The van der Waals surface area contributed by atoms with Crippen molar-refractivity contribution in [1.82, 2.24) is 5.32 Å². The molecular formula is C15H24N2O2. The van der Waals surface area contributed by atoms with E-state index in [-0.39, 0.29) is 5.91 Å². The molecule has 1 rings (SSSR count). The number of anilines is 1. The molecular weight excluding hydrogens is 240 g/mol. The molecule has 0 spiro atoms. The number of carbonyl (C=O) groups is 1.